The van der Waals surface area contributed by atoms with Crippen LogP contribution in [0.3, 0.4) is 0 Å². The standard InChI is InChI=1S/C29H30F3N7O4/c1-16(4-5-18(9-13-42-3)27(40)36-22-14-20(8-10-34-22)29(30,31)32)23-24-25(33)35-11-12-38(24)26(37-23)19-6-7-21-17(2)43-28(41)39(21)15-19/h4-5,8-12,14,17,19,21H,1,6-7,13,15H2,2-3H3,(H2,33,35)(H,34,36,40)/b5-4-,18-9+/t17-,19-,21+/m1/s1. The summed E-state index contributed by atoms with van der Waals surface area (Å²) >= 11 is 0. The number of nitrogens with zero attached hydrogens (tertiary/aromatic N) is 5. The van der Waals surface area contributed by atoms with Crippen LogP contribution in [0.4, 0.5) is 29.6 Å². The van der Waals surface area contributed by atoms with E-state index in [4.69, 9.17) is 20.2 Å². The zero-order valence-electron chi connectivity index (χ0n) is 23.5. The summed E-state index contributed by atoms with van der Waals surface area (Å²) < 4.78 is 51.7. The summed E-state index contributed by atoms with van der Waals surface area (Å²) in [5.41, 5.74) is 6.77. The molecule has 0 aromatic carbocycles. The van der Waals surface area contributed by atoms with E-state index in [1.54, 1.807) is 23.4 Å². The van der Waals surface area contributed by atoms with Crippen LogP contribution in [0.2, 0.25) is 0 Å². The molecule has 0 bridgehead atoms. The maximum atomic E-state index is 13.1. The first-order valence-corrected chi connectivity index (χ1v) is 13.5. The summed E-state index contributed by atoms with van der Waals surface area (Å²) in [6.45, 7) is 6.51. The van der Waals surface area contributed by atoms with Gasteiger partial charge in [0.25, 0.3) is 5.91 Å². The molecule has 5 heterocycles. The van der Waals surface area contributed by atoms with Crippen molar-refractivity contribution in [3.8, 4) is 0 Å². The van der Waals surface area contributed by atoms with Crippen molar-refractivity contribution in [3.63, 3.8) is 0 Å². The molecule has 5 rings (SSSR count). The van der Waals surface area contributed by atoms with E-state index >= 15 is 0 Å². The number of anilines is 2. The quantitative estimate of drug-likeness (QED) is 0.284. The molecule has 0 saturated carbocycles. The number of piperidine rings is 1. The first kappa shape index (κ1) is 29.8. The number of fused-ring (bicyclic) bond motifs is 2. The van der Waals surface area contributed by atoms with Crippen LogP contribution in [0.15, 0.2) is 61.1 Å². The van der Waals surface area contributed by atoms with Gasteiger partial charge in [0, 0.05) is 43.7 Å². The molecule has 2 saturated heterocycles. The number of hydrogen-bond donors (Lipinski definition) is 2. The lowest BCUT2D eigenvalue weighted by atomic mass is 9.91. The zero-order chi connectivity index (χ0) is 30.9. The van der Waals surface area contributed by atoms with E-state index in [1.807, 2.05) is 11.3 Å². The number of ether oxygens (including phenoxy) is 2. The second-order valence-corrected chi connectivity index (χ2v) is 10.3. The lowest BCUT2D eigenvalue weighted by Crippen LogP contribution is -2.43. The molecule has 2 aliphatic rings. The number of aromatic nitrogens is 4. The third-order valence-corrected chi connectivity index (χ3v) is 7.50. The fourth-order valence-electron chi connectivity index (χ4n) is 5.35. The SMILES string of the molecule is C=C(/C=C\C(=C/COC)C(=O)Nc1cc(C(F)(F)F)ccn1)c1nc([C@@H]2CC[C@H]3[C@@H](C)OC(=O)N3C2)n2ccnc(N)c12. The molecule has 0 aliphatic carbocycles. The Bertz CT molecular complexity index is 1630. The Morgan fingerprint density at radius 1 is 1.28 bits per heavy atom. The molecule has 2 fully saturated rings. The number of nitrogens with one attached hydrogen (secondary N) is 1. The monoisotopic (exact) mass is 597 g/mol. The highest BCUT2D eigenvalue weighted by Gasteiger charge is 2.44. The first-order chi connectivity index (χ1) is 20.5. The van der Waals surface area contributed by atoms with Crippen molar-refractivity contribution >= 4 is 34.7 Å². The maximum Gasteiger partial charge on any atom is 0.416 e. The molecule has 226 valence electrons. The number of carbonyl (C=O) groups excluding carboxylic acids is 2. The topological polar surface area (TPSA) is 137 Å². The number of imidazole rings is 1. The predicted molar refractivity (Wildman–Crippen MR) is 152 cm³/mol. The molecule has 3 atom stereocenters. The predicted octanol–water partition coefficient (Wildman–Crippen LogP) is 4.59. The Morgan fingerprint density at radius 3 is 2.81 bits per heavy atom. The minimum atomic E-state index is -4.59. The highest BCUT2D eigenvalue weighted by Crippen LogP contribution is 2.37. The van der Waals surface area contributed by atoms with E-state index in [1.165, 1.54) is 19.3 Å². The van der Waals surface area contributed by atoms with Gasteiger partial charge < -0.3 is 25.4 Å². The summed E-state index contributed by atoms with van der Waals surface area (Å²) in [5.74, 6) is -0.157. The van der Waals surface area contributed by atoms with E-state index in [0.717, 1.165) is 31.2 Å². The zero-order valence-corrected chi connectivity index (χ0v) is 23.5. The number of alkyl halides is 3. The number of carbonyl (C=O) groups is 2. The molecule has 3 N–H and O–H groups in total. The van der Waals surface area contributed by atoms with Crippen LogP contribution in [-0.2, 0) is 20.4 Å². The molecule has 0 unspecified atom stereocenters. The van der Waals surface area contributed by atoms with Gasteiger partial charge in [-0.2, -0.15) is 13.2 Å². The Balaban J connectivity index is 1.41. The van der Waals surface area contributed by atoms with Crippen molar-refractivity contribution in [3.05, 3.63) is 78.2 Å². The Morgan fingerprint density at radius 2 is 2.07 bits per heavy atom. The third kappa shape index (κ3) is 6.09. The van der Waals surface area contributed by atoms with E-state index < -0.39 is 17.6 Å². The van der Waals surface area contributed by atoms with Gasteiger partial charge in [-0.1, -0.05) is 12.7 Å². The van der Waals surface area contributed by atoms with Gasteiger partial charge in [-0.25, -0.2) is 19.7 Å². The van der Waals surface area contributed by atoms with Crippen molar-refractivity contribution in [1.82, 2.24) is 24.3 Å². The van der Waals surface area contributed by atoms with Crippen LogP contribution >= 0.6 is 0 Å². The molecule has 3 aromatic heterocycles. The van der Waals surface area contributed by atoms with Crippen molar-refractivity contribution in [2.45, 2.75) is 44.0 Å². The average molecular weight is 598 g/mol. The number of nitrogen functional groups attached to an aromatic ring is 1. The van der Waals surface area contributed by atoms with Crippen LogP contribution in [-0.4, -0.2) is 68.7 Å². The molecule has 3 aromatic rings. The number of nitrogens with two attached hydrogens (primary N) is 1. The minimum absolute atomic E-state index is 0.0219. The van der Waals surface area contributed by atoms with E-state index in [2.05, 4.69) is 21.9 Å². The van der Waals surface area contributed by atoms with Gasteiger partial charge in [-0.15, -0.1) is 0 Å². The summed E-state index contributed by atoms with van der Waals surface area (Å²) in [6.07, 6.45) is 5.17. The summed E-state index contributed by atoms with van der Waals surface area (Å²) in [5, 5.41) is 2.39. The third-order valence-electron chi connectivity index (χ3n) is 7.50. The number of amides is 2. The summed E-state index contributed by atoms with van der Waals surface area (Å²) in [6, 6.07) is 1.58. The van der Waals surface area contributed by atoms with Gasteiger partial charge in [0.05, 0.1) is 23.9 Å². The van der Waals surface area contributed by atoms with Crippen LogP contribution < -0.4 is 11.1 Å². The largest absolute Gasteiger partial charge is 0.444 e. The van der Waals surface area contributed by atoms with Crippen LogP contribution in [0.25, 0.3) is 11.1 Å². The van der Waals surface area contributed by atoms with Crippen LogP contribution in [0.1, 0.15) is 42.8 Å². The second-order valence-electron chi connectivity index (χ2n) is 10.3. The second kappa shape index (κ2) is 11.9. The summed E-state index contributed by atoms with van der Waals surface area (Å²) in [7, 11) is 1.44. The molecular formula is C29H30F3N7O4. The van der Waals surface area contributed by atoms with Gasteiger partial charge in [0.1, 0.15) is 29.1 Å². The molecule has 0 radical (unpaired) electrons. The number of methoxy groups -OCH3 is 1. The molecule has 2 aliphatic heterocycles. The molecule has 11 nitrogen and oxygen atoms in total. The number of halogens is 3. The number of pyridine rings is 1. The first-order valence-electron chi connectivity index (χ1n) is 13.5. The summed E-state index contributed by atoms with van der Waals surface area (Å²) in [4.78, 5) is 40.1. The molecular weight excluding hydrogens is 567 g/mol. The van der Waals surface area contributed by atoms with Gasteiger partial charge in [0.2, 0.25) is 0 Å². The van der Waals surface area contributed by atoms with Crippen LogP contribution in [0, 0.1) is 0 Å². The van der Waals surface area contributed by atoms with Crippen LogP contribution in [0.5, 0.6) is 0 Å². The number of allylic oxidation sites excluding steroid dienone is 2. The Hall–Kier alpha value is -4.72. The van der Waals surface area contributed by atoms with Gasteiger partial charge in [-0.05, 0) is 49.6 Å². The Kier molecular flexibility index (Phi) is 8.22. The van der Waals surface area contributed by atoms with E-state index in [-0.39, 0.29) is 48.0 Å². The van der Waals surface area contributed by atoms with Crippen molar-refractivity contribution < 1.29 is 32.2 Å². The number of hydrogen-bond acceptors (Lipinski definition) is 8. The van der Waals surface area contributed by atoms with Crippen molar-refractivity contribution in [1.29, 1.82) is 0 Å². The van der Waals surface area contributed by atoms with Gasteiger partial charge in [-0.3, -0.25) is 9.20 Å². The average Bonchev–Trinajstić information content (AvgIpc) is 3.50. The minimum Gasteiger partial charge on any atom is -0.444 e. The van der Waals surface area contributed by atoms with Crippen molar-refractivity contribution in [2.24, 2.45) is 0 Å². The molecule has 43 heavy (non-hydrogen) atoms. The lowest BCUT2D eigenvalue weighted by molar-refractivity contribution is -0.137. The maximum absolute atomic E-state index is 13.1. The van der Waals surface area contributed by atoms with Gasteiger partial charge >= 0.3 is 12.3 Å². The number of rotatable bonds is 8. The van der Waals surface area contributed by atoms with E-state index in [0.29, 0.717) is 29.2 Å². The fourth-order valence-corrected chi connectivity index (χ4v) is 5.35. The smallest absolute Gasteiger partial charge is 0.416 e. The highest BCUT2D eigenvalue weighted by molar-refractivity contribution is 6.05. The van der Waals surface area contributed by atoms with Gasteiger partial charge in [0.15, 0.2) is 0 Å². The fraction of sp³-hybridized carbons (Fsp3) is 0.345. The highest BCUT2D eigenvalue weighted by atomic mass is 19.4. The number of cyclic esters (lactones) is 1. The molecule has 14 heteroatoms. The normalized spacial score (nSPS) is 20.9. The molecule has 0 spiro atoms. The van der Waals surface area contributed by atoms with Crippen molar-refractivity contribution in [2.75, 3.05) is 31.3 Å². The lowest BCUT2D eigenvalue weighted by Gasteiger charge is -2.33. The Labute approximate surface area is 244 Å². The van der Waals surface area contributed by atoms with E-state index in [9.17, 15) is 22.8 Å². The molecule has 2 amide bonds.